The third-order valence-electron chi connectivity index (χ3n) is 5.77. The highest BCUT2D eigenvalue weighted by atomic mass is 16.6. The molecule has 1 rings (SSSR count). The maximum atomic E-state index is 13.0. The first kappa shape index (κ1) is 28.9. The third kappa shape index (κ3) is 12.0. The molecule has 33 heavy (non-hydrogen) atoms. The van der Waals surface area contributed by atoms with Crippen molar-refractivity contribution in [3.8, 4) is 0 Å². The van der Waals surface area contributed by atoms with Crippen LogP contribution in [0.4, 0.5) is 0 Å². The highest BCUT2D eigenvalue weighted by Gasteiger charge is 2.24. The summed E-state index contributed by atoms with van der Waals surface area (Å²) < 4.78 is 10.5. The van der Waals surface area contributed by atoms with Gasteiger partial charge in [-0.1, -0.05) is 97.1 Å². The van der Waals surface area contributed by atoms with Crippen LogP contribution in [0.3, 0.4) is 0 Å². The van der Waals surface area contributed by atoms with Gasteiger partial charge in [0, 0.05) is 6.42 Å². The van der Waals surface area contributed by atoms with Crippen LogP contribution in [0.1, 0.15) is 137 Å². The molecule has 0 bridgehead atoms. The predicted molar refractivity (Wildman–Crippen MR) is 133 cm³/mol. The number of hydrogen-bond acceptors (Lipinski definition) is 5. The van der Waals surface area contributed by atoms with Gasteiger partial charge in [-0.25, -0.2) is 9.59 Å². The fraction of sp³-hybridized carbons (Fsp3) is 0.679. The topological polar surface area (TPSA) is 69.7 Å². The number of aryl methyl sites for hydroxylation is 1. The second-order valence-electron chi connectivity index (χ2n) is 8.77. The summed E-state index contributed by atoms with van der Waals surface area (Å²) in [6, 6.07) is 5.17. The smallest absolute Gasteiger partial charge is 0.346 e. The summed E-state index contributed by atoms with van der Waals surface area (Å²) in [6.07, 6.45) is 14.9. The second-order valence-corrected chi connectivity index (χ2v) is 8.77. The van der Waals surface area contributed by atoms with Crippen molar-refractivity contribution in [3.05, 3.63) is 34.9 Å². The first-order valence-corrected chi connectivity index (χ1v) is 13.1. The van der Waals surface area contributed by atoms with E-state index >= 15 is 0 Å². The van der Waals surface area contributed by atoms with E-state index < -0.39 is 17.9 Å². The van der Waals surface area contributed by atoms with Gasteiger partial charge < -0.3 is 9.47 Å². The van der Waals surface area contributed by atoms with Crippen molar-refractivity contribution in [3.63, 3.8) is 0 Å². The van der Waals surface area contributed by atoms with Crippen LogP contribution in [0, 0.1) is 0 Å². The highest BCUT2D eigenvalue weighted by Crippen LogP contribution is 2.21. The maximum Gasteiger partial charge on any atom is 0.346 e. The van der Waals surface area contributed by atoms with Crippen LogP contribution < -0.4 is 0 Å². The Morgan fingerprint density at radius 3 is 1.94 bits per heavy atom. The van der Waals surface area contributed by atoms with E-state index in [1.807, 2.05) is 13.0 Å². The minimum absolute atomic E-state index is 0.121. The lowest BCUT2D eigenvalue weighted by Crippen LogP contribution is -2.19. The average molecular weight is 461 g/mol. The molecule has 0 unspecified atom stereocenters. The average Bonchev–Trinajstić information content (AvgIpc) is 2.80. The van der Waals surface area contributed by atoms with Crippen LogP contribution in [0.25, 0.3) is 0 Å². The monoisotopic (exact) mass is 460 g/mol. The zero-order valence-corrected chi connectivity index (χ0v) is 21.1. The number of ether oxygens (including phenoxy) is 2. The van der Waals surface area contributed by atoms with E-state index in [1.165, 1.54) is 44.9 Å². The van der Waals surface area contributed by atoms with E-state index in [9.17, 15) is 14.4 Å². The molecule has 0 atom stereocenters. The number of esters is 3. The molecule has 0 aliphatic heterocycles. The minimum Gasteiger partial charge on any atom is -0.462 e. The number of rotatable bonds is 18. The summed E-state index contributed by atoms with van der Waals surface area (Å²) in [7, 11) is 0. The lowest BCUT2D eigenvalue weighted by molar-refractivity contribution is -0.138. The molecular formula is C28H44O5. The van der Waals surface area contributed by atoms with Crippen molar-refractivity contribution < 1.29 is 23.9 Å². The van der Waals surface area contributed by atoms with Gasteiger partial charge in [0.1, 0.15) is 0 Å². The molecular weight excluding hydrogens is 416 g/mol. The Morgan fingerprint density at radius 1 is 0.697 bits per heavy atom. The molecule has 0 spiro atoms. The van der Waals surface area contributed by atoms with Crippen LogP contribution in [-0.2, 0) is 20.7 Å². The van der Waals surface area contributed by atoms with Crippen LogP contribution in [-0.4, -0.2) is 24.5 Å². The van der Waals surface area contributed by atoms with Gasteiger partial charge in [0.25, 0.3) is 0 Å². The Balaban J connectivity index is 2.84. The Bertz CT molecular complexity index is 710. The fourth-order valence-corrected chi connectivity index (χ4v) is 3.85. The van der Waals surface area contributed by atoms with Gasteiger partial charge in [0.15, 0.2) is 0 Å². The molecule has 0 aromatic heterocycles. The molecule has 0 amide bonds. The zero-order valence-electron chi connectivity index (χ0n) is 21.1. The Labute approximate surface area is 200 Å². The first-order chi connectivity index (χ1) is 16.0. The number of hydrogen-bond donors (Lipinski definition) is 0. The molecule has 0 radical (unpaired) electrons. The van der Waals surface area contributed by atoms with Crippen molar-refractivity contribution in [2.75, 3.05) is 6.61 Å². The molecule has 0 heterocycles. The molecule has 0 saturated carbocycles. The van der Waals surface area contributed by atoms with Crippen LogP contribution >= 0.6 is 0 Å². The van der Waals surface area contributed by atoms with Gasteiger partial charge in [-0.15, -0.1) is 0 Å². The normalized spacial score (nSPS) is 10.8. The second kappa shape index (κ2) is 18.3. The van der Waals surface area contributed by atoms with E-state index in [4.69, 9.17) is 9.47 Å². The molecule has 0 saturated heterocycles. The molecule has 0 aliphatic rings. The summed E-state index contributed by atoms with van der Waals surface area (Å²) >= 11 is 0. The zero-order chi connectivity index (χ0) is 24.3. The summed E-state index contributed by atoms with van der Waals surface area (Å²) in [4.78, 5) is 37.5. The van der Waals surface area contributed by atoms with Gasteiger partial charge in [0.05, 0.1) is 17.7 Å². The largest absolute Gasteiger partial charge is 0.462 e. The third-order valence-corrected chi connectivity index (χ3v) is 5.77. The maximum absolute atomic E-state index is 13.0. The number of carbonyl (C=O) groups excluding carboxylic acids is 3. The molecule has 0 N–H and O–H groups in total. The van der Waals surface area contributed by atoms with Gasteiger partial charge in [-0.05, 0) is 37.3 Å². The molecule has 0 aliphatic carbocycles. The Morgan fingerprint density at radius 2 is 1.30 bits per heavy atom. The van der Waals surface area contributed by atoms with E-state index in [1.54, 1.807) is 12.1 Å². The summed E-state index contributed by atoms with van der Waals surface area (Å²) in [5.74, 6) is -1.85. The summed E-state index contributed by atoms with van der Waals surface area (Å²) in [5.41, 5.74) is 1.16. The fourth-order valence-electron chi connectivity index (χ4n) is 3.85. The standard InChI is InChI=1S/C28H44O5/c1-4-7-9-11-13-15-19-23-20-17-21-24(27(30)33-25(29)18-6-3)26(23)28(31)32-22-16-14-12-10-8-5-2/h17,20-21H,4-16,18-19,22H2,1-3H3. The van der Waals surface area contributed by atoms with Crippen LogP contribution in [0.2, 0.25) is 0 Å². The lowest BCUT2D eigenvalue weighted by atomic mass is 9.96. The SMILES string of the molecule is CCCCCCCCOC(=O)c1c(CCCCCCCC)cccc1C(=O)OC(=O)CCC. The van der Waals surface area contributed by atoms with Gasteiger partial charge in [-0.3, -0.25) is 4.79 Å². The summed E-state index contributed by atoms with van der Waals surface area (Å²) in [5, 5.41) is 0. The van der Waals surface area contributed by atoms with E-state index in [0.29, 0.717) is 19.4 Å². The molecule has 5 heteroatoms. The van der Waals surface area contributed by atoms with Gasteiger partial charge >= 0.3 is 17.9 Å². The van der Waals surface area contributed by atoms with Crippen molar-refractivity contribution in [2.24, 2.45) is 0 Å². The molecule has 0 fully saturated rings. The number of carbonyl (C=O) groups is 3. The van der Waals surface area contributed by atoms with E-state index in [2.05, 4.69) is 13.8 Å². The Hall–Kier alpha value is -2.17. The van der Waals surface area contributed by atoms with Gasteiger partial charge in [0.2, 0.25) is 0 Å². The predicted octanol–water partition coefficient (Wildman–Crippen LogP) is 7.59. The molecule has 186 valence electrons. The summed E-state index contributed by atoms with van der Waals surface area (Å²) in [6.45, 7) is 6.55. The van der Waals surface area contributed by atoms with Crippen LogP contribution in [0.15, 0.2) is 18.2 Å². The Kier molecular flexibility index (Phi) is 16.0. The molecule has 1 aromatic carbocycles. The quantitative estimate of drug-likeness (QED) is 0.128. The highest BCUT2D eigenvalue weighted by molar-refractivity contribution is 6.06. The van der Waals surface area contributed by atoms with Crippen molar-refractivity contribution in [1.29, 1.82) is 0 Å². The molecule has 1 aromatic rings. The lowest BCUT2D eigenvalue weighted by Gasteiger charge is -2.14. The number of benzene rings is 1. The van der Waals surface area contributed by atoms with Crippen LogP contribution in [0.5, 0.6) is 0 Å². The van der Waals surface area contributed by atoms with Gasteiger partial charge in [-0.2, -0.15) is 0 Å². The van der Waals surface area contributed by atoms with Crippen molar-refractivity contribution in [2.45, 2.75) is 117 Å². The minimum atomic E-state index is -0.773. The van der Waals surface area contributed by atoms with Crippen molar-refractivity contribution in [1.82, 2.24) is 0 Å². The van der Waals surface area contributed by atoms with E-state index in [-0.39, 0.29) is 17.5 Å². The van der Waals surface area contributed by atoms with Crippen molar-refractivity contribution >= 4 is 17.9 Å². The van der Waals surface area contributed by atoms with E-state index in [0.717, 1.165) is 37.7 Å². The first-order valence-electron chi connectivity index (χ1n) is 13.1. The molecule has 5 nitrogen and oxygen atoms in total. The number of unbranched alkanes of at least 4 members (excludes halogenated alkanes) is 10.